The minimum Gasteiger partial charge on any atom is -0.483 e. The molecule has 3 nitrogen and oxygen atoms in total. The zero-order valence-corrected chi connectivity index (χ0v) is 13.1. The molecule has 2 aromatic carbocycles. The molecule has 0 radical (unpaired) electrons. The monoisotopic (exact) mass is 351 g/mol. The van der Waals surface area contributed by atoms with E-state index in [9.17, 15) is 9.18 Å². The minimum absolute atomic E-state index is 0.138. The van der Waals surface area contributed by atoms with Crippen LogP contribution in [0.3, 0.4) is 0 Å². The molecule has 0 spiro atoms. The molecule has 5 heteroatoms. The van der Waals surface area contributed by atoms with Crippen molar-refractivity contribution in [3.8, 4) is 5.75 Å². The fourth-order valence-electron chi connectivity index (χ4n) is 1.80. The maximum Gasteiger partial charge on any atom is 0.262 e. The first-order valence-corrected chi connectivity index (χ1v) is 7.34. The number of rotatable bonds is 5. The Morgan fingerprint density at radius 1 is 1.29 bits per heavy atom. The molecule has 0 heterocycles. The van der Waals surface area contributed by atoms with E-state index < -0.39 is 0 Å². The zero-order chi connectivity index (χ0) is 15.2. The quantitative estimate of drug-likeness (QED) is 0.877. The lowest BCUT2D eigenvalue weighted by Gasteiger charge is -2.09. The van der Waals surface area contributed by atoms with Crippen molar-refractivity contribution in [1.29, 1.82) is 0 Å². The van der Waals surface area contributed by atoms with Crippen LogP contribution in [0.2, 0.25) is 0 Å². The lowest BCUT2D eigenvalue weighted by molar-refractivity contribution is -0.118. The van der Waals surface area contributed by atoms with Crippen molar-refractivity contribution in [1.82, 2.24) is 0 Å². The smallest absolute Gasteiger partial charge is 0.262 e. The predicted octanol–water partition coefficient (Wildman–Crippen LogP) is 4.17. The van der Waals surface area contributed by atoms with Crippen molar-refractivity contribution in [3.63, 3.8) is 0 Å². The highest BCUT2D eigenvalue weighted by atomic mass is 79.9. The summed E-state index contributed by atoms with van der Waals surface area (Å²) in [6.07, 6.45) is 0.905. The van der Waals surface area contributed by atoms with E-state index >= 15 is 0 Å². The highest BCUT2D eigenvalue weighted by Gasteiger charge is 2.07. The highest BCUT2D eigenvalue weighted by Crippen LogP contribution is 2.25. The number of nitrogens with one attached hydrogen (secondary N) is 1. The predicted molar refractivity (Wildman–Crippen MR) is 84.0 cm³/mol. The summed E-state index contributed by atoms with van der Waals surface area (Å²) in [6.45, 7) is 1.91. The van der Waals surface area contributed by atoms with Crippen LogP contribution in [0.4, 0.5) is 10.1 Å². The molecule has 21 heavy (non-hydrogen) atoms. The lowest BCUT2D eigenvalue weighted by atomic mass is 10.1. The highest BCUT2D eigenvalue weighted by molar-refractivity contribution is 9.10. The molecule has 2 rings (SSSR count). The number of halogens is 2. The van der Waals surface area contributed by atoms with Crippen molar-refractivity contribution in [2.75, 3.05) is 11.9 Å². The number of amides is 1. The van der Waals surface area contributed by atoms with E-state index in [0.29, 0.717) is 10.2 Å². The van der Waals surface area contributed by atoms with Crippen LogP contribution >= 0.6 is 15.9 Å². The number of aryl methyl sites for hydroxylation is 1. The topological polar surface area (TPSA) is 38.3 Å². The summed E-state index contributed by atoms with van der Waals surface area (Å²) in [5, 5.41) is 2.76. The van der Waals surface area contributed by atoms with E-state index in [4.69, 9.17) is 4.74 Å². The number of hydrogen-bond donors (Lipinski definition) is 1. The van der Waals surface area contributed by atoms with Gasteiger partial charge in [-0.15, -0.1) is 0 Å². The van der Waals surface area contributed by atoms with Gasteiger partial charge in [-0.05, 0) is 58.2 Å². The van der Waals surface area contributed by atoms with Gasteiger partial charge in [0.05, 0.1) is 4.47 Å². The Balaban J connectivity index is 1.92. The fourth-order valence-corrected chi connectivity index (χ4v) is 2.27. The Kier molecular flexibility index (Phi) is 5.33. The average molecular weight is 352 g/mol. The number of carbonyl (C=O) groups excluding carboxylic acids is 1. The summed E-state index contributed by atoms with van der Waals surface area (Å²) in [6, 6.07) is 11.7. The van der Waals surface area contributed by atoms with Crippen LogP contribution in [0.25, 0.3) is 0 Å². The molecule has 110 valence electrons. The molecule has 0 atom stereocenters. The SMILES string of the molecule is CCc1cccc(NC(=O)COc2ccc(F)cc2Br)c1. The van der Waals surface area contributed by atoms with E-state index in [1.54, 1.807) is 0 Å². The molecule has 0 unspecified atom stereocenters. The maximum atomic E-state index is 12.9. The van der Waals surface area contributed by atoms with Gasteiger partial charge in [0.2, 0.25) is 0 Å². The third kappa shape index (κ3) is 4.56. The molecule has 1 N–H and O–H groups in total. The first-order chi connectivity index (χ1) is 10.1. The van der Waals surface area contributed by atoms with Crippen LogP contribution in [-0.4, -0.2) is 12.5 Å². The number of benzene rings is 2. The van der Waals surface area contributed by atoms with Gasteiger partial charge in [-0.2, -0.15) is 0 Å². The van der Waals surface area contributed by atoms with Crippen LogP contribution in [0, 0.1) is 5.82 Å². The minimum atomic E-state index is -0.366. The third-order valence-corrected chi connectivity index (χ3v) is 3.49. The van der Waals surface area contributed by atoms with Crippen molar-refractivity contribution < 1.29 is 13.9 Å². The normalized spacial score (nSPS) is 10.2. The fraction of sp³-hybridized carbons (Fsp3) is 0.188. The van der Waals surface area contributed by atoms with Crippen molar-refractivity contribution >= 4 is 27.5 Å². The molecule has 0 bridgehead atoms. The second kappa shape index (κ2) is 7.22. The maximum absolute atomic E-state index is 12.9. The van der Waals surface area contributed by atoms with Gasteiger partial charge in [0.15, 0.2) is 6.61 Å². The Bertz CT molecular complexity index is 646. The van der Waals surface area contributed by atoms with E-state index in [1.165, 1.54) is 18.2 Å². The van der Waals surface area contributed by atoms with E-state index in [1.807, 2.05) is 24.3 Å². The Hall–Kier alpha value is -1.88. The van der Waals surface area contributed by atoms with E-state index in [2.05, 4.69) is 28.2 Å². The molecular weight excluding hydrogens is 337 g/mol. The van der Waals surface area contributed by atoms with E-state index in [0.717, 1.165) is 17.7 Å². The zero-order valence-electron chi connectivity index (χ0n) is 11.5. The molecule has 0 saturated carbocycles. The largest absolute Gasteiger partial charge is 0.483 e. The van der Waals surface area contributed by atoms with Crippen LogP contribution in [0.15, 0.2) is 46.9 Å². The molecule has 2 aromatic rings. The van der Waals surface area contributed by atoms with Crippen molar-refractivity contribution in [2.45, 2.75) is 13.3 Å². The molecule has 1 amide bonds. The summed E-state index contributed by atoms with van der Waals surface area (Å²) < 4.78 is 18.8. The summed E-state index contributed by atoms with van der Waals surface area (Å²) in [5.74, 6) is -0.205. The van der Waals surface area contributed by atoms with Gasteiger partial charge < -0.3 is 10.1 Å². The Morgan fingerprint density at radius 3 is 2.81 bits per heavy atom. The van der Waals surface area contributed by atoms with Gasteiger partial charge in [0.1, 0.15) is 11.6 Å². The Morgan fingerprint density at radius 2 is 2.10 bits per heavy atom. The molecule has 0 aliphatic heterocycles. The van der Waals surface area contributed by atoms with Crippen LogP contribution in [0.5, 0.6) is 5.75 Å². The molecule has 0 aromatic heterocycles. The third-order valence-electron chi connectivity index (χ3n) is 2.87. The number of ether oxygens (including phenoxy) is 1. The molecule has 0 aliphatic carbocycles. The van der Waals surface area contributed by atoms with Crippen LogP contribution < -0.4 is 10.1 Å². The van der Waals surface area contributed by atoms with Gasteiger partial charge in [0.25, 0.3) is 5.91 Å². The van der Waals surface area contributed by atoms with Crippen molar-refractivity contribution in [2.24, 2.45) is 0 Å². The first kappa shape index (κ1) is 15.5. The second-order valence-electron chi connectivity index (χ2n) is 4.47. The number of anilines is 1. The van der Waals surface area contributed by atoms with Gasteiger partial charge in [0, 0.05) is 5.69 Å². The van der Waals surface area contributed by atoms with Gasteiger partial charge in [-0.1, -0.05) is 19.1 Å². The van der Waals surface area contributed by atoms with Crippen molar-refractivity contribution in [3.05, 3.63) is 58.3 Å². The Labute approximate surface area is 131 Å². The van der Waals surface area contributed by atoms with Gasteiger partial charge in [-0.3, -0.25) is 4.79 Å². The second-order valence-corrected chi connectivity index (χ2v) is 5.32. The lowest BCUT2D eigenvalue weighted by Crippen LogP contribution is -2.20. The summed E-state index contributed by atoms with van der Waals surface area (Å²) in [7, 11) is 0. The molecule has 0 aliphatic rings. The average Bonchev–Trinajstić information content (AvgIpc) is 2.46. The number of hydrogen-bond acceptors (Lipinski definition) is 2. The summed E-state index contributed by atoms with van der Waals surface area (Å²) in [5.41, 5.74) is 1.89. The molecule has 0 fully saturated rings. The van der Waals surface area contributed by atoms with E-state index in [-0.39, 0.29) is 18.3 Å². The number of carbonyl (C=O) groups is 1. The van der Waals surface area contributed by atoms with Crippen LogP contribution in [0.1, 0.15) is 12.5 Å². The summed E-state index contributed by atoms with van der Waals surface area (Å²) in [4.78, 5) is 11.8. The molecular formula is C16H15BrFNO2. The summed E-state index contributed by atoms with van der Waals surface area (Å²) >= 11 is 3.19. The molecule has 0 saturated heterocycles. The first-order valence-electron chi connectivity index (χ1n) is 6.55. The van der Waals surface area contributed by atoms with Crippen LogP contribution in [-0.2, 0) is 11.2 Å². The standard InChI is InChI=1S/C16H15BrFNO2/c1-2-11-4-3-5-13(8-11)19-16(20)10-21-15-7-6-12(18)9-14(15)17/h3-9H,2,10H2,1H3,(H,19,20). The van der Waals surface area contributed by atoms with Gasteiger partial charge in [-0.25, -0.2) is 4.39 Å². The van der Waals surface area contributed by atoms with Gasteiger partial charge >= 0.3 is 0 Å².